The third-order valence-electron chi connectivity index (χ3n) is 2.24. The molecule has 0 aliphatic carbocycles. The van der Waals surface area contributed by atoms with Crippen LogP contribution in [0.3, 0.4) is 0 Å². The average Bonchev–Trinajstić information content (AvgIpc) is 2.18. The van der Waals surface area contributed by atoms with Crippen LogP contribution in [0.4, 0.5) is 0 Å². The Hall–Kier alpha value is -0.730. The van der Waals surface area contributed by atoms with Crippen LogP contribution in [0.15, 0.2) is 0 Å². The van der Waals surface area contributed by atoms with Gasteiger partial charge >= 0.3 is 0 Å². The maximum Gasteiger partial charge on any atom is 0.216 e. The first-order valence-corrected chi connectivity index (χ1v) is 4.55. The van der Waals surface area contributed by atoms with Gasteiger partial charge in [0.1, 0.15) is 24.4 Å². The third-order valence-corrected chi connectivity index (χ3v) is 2.24. The number of nitrogens with one attached hydrogen (secondary N) is 1. The fourth-order valence-corrected chi connectivity index (χ4v) is 1.34. The molecule has 1 aliphatic heterocycles. The fraction of sp³-hybridized carbons (Fsp3) is 0.875. The van der Waals surface area contributed by atoms with E-state index in [-0.39, 0.29) is 12.5 Å². The van der Waals surface area contributed by atoms with Gasteiger partial charge in [0.2, 0.25) is 5.91 Å². The van der Waals surface area contributed by atoms with Crippen LogP contribution >= 0.6 is 0 Å². The predicted molar refractivity (Wildman–Crippen MR) is 47.6 cm³/mol. The van der Waals surface area contributed by atoms with Crippen LogP contribution in [0.5, 0.6) is 0 Å². The zero-order valence-corrected chi connectivity index (χ0v) is 8.20. The van der Waals surface area contributed by atoms with E-state index in [1.165, 1.54) is 6.92 Å². The summed E-state index contributed by atoms with van der Waals surface area (Å²) in [6, 6.07) is 0. The molecule has 0 saturated carbocycles. The summed E-state index contributed by atoms with van der Waals surface area (Å²) in [5.41, 5.74) is 0. The second-order valence-electron chi connectivity index (χ2n) is 3.47. The van der Waals surface area contributed by atoms with Gasteiger partial charge < -0.3 is 30.5 Å². The molecule has 2 unspecified atom stereocenters. The van der Waals surface area contributed by atoms with Crippen molar-refractivity contribution in [2.75, 3.05) is 6.54 Å². The normalized spacial score (nSPS) is 41.3. The second-order valence-corrected chi connectivity index (χ2v) is 3.47. The average molecular weight is 221 g/mol. The summed E-state index contributed by atoms with van der Waals surface area (Å²) in [6.07, 6.45) is -6.90. The van der Waals surface area contributed by atoms with Crippen molar-refractivity contribution in [2.45, 2.75) is 37.6 Å². The van der Waals surface area contributed by atoms with Crippen molar-refractivity contribution in [3.63, 3.8) is 0 Å². The lowest BCUT2D eigenvalue weighted by atomic mass is 9.99. The molecule has 0 aromatic rings. The molecule has 1 aliphatic rings. The summed E-state index contributed by atoms with van der Waals surface area (Å²) < 4.78 is 4.81. The van der Waals surface area contributed by atoms with E-state index >= 15 is 0 Å². The van der Waals surface area contributed by atoms with Gasteiger partial charge in [0.25, 0.3) is 0 Å². The number of aliphatic hydroxyl groups is 4. The molecule has 1 fully saturated rings. The van der Waals surface area contributed by atoms with Crippen LogP contribution in [-0.2, 0) is 9.53 Å². The molecular weight excluding hydrogens is 206 g/mol. The lowest BCUT2D eigenvalue weighted by molar-refractivity contribution is -0.280. The quantitative estimate of drug-likeness (QED) is 0.337. The third kappa shape index (κ3) is 2.86. The molecule has 7 heteroatoms. The van der Waals surface area contributed by atoms with E-state index in [0.29, 0.717) is 0 Å². The molecule has 5 atom stereocenters. The van der Waals surface area contributed by atoms with Crippen molar-refractivity contribution in [1.82, 2.24) is 5.32 Å². The molecule has 0 aromatic heterocycles. The summed E-state index contributed by atoms with van der Waals surface area (Å²) in [4.78, 5) is 10.6. The summed E-state index contributed by atoms with van der Waals surface area (Å²) >= 11 is 0. The minimum atomic E-state index is -1.57. The van der Waals surface area contributed by atoms with Crippen LogP contribution in [-0.4, -0.2) is 63.6 Å². The number of hydrogen-bond donors (Lipinski definition) is 5. The maximum atomic E-state index is 10.6. The van der Waals surface area contributed by atoms with Crippen LogP contribution < -0.4 is 5.32 Å². The molecule has 1 rings (SSSR count). The molecule has 0 bridgehead atoms. The Morgan fingerprint density at radius 3 is 2.33 bits per heavy atom. The van der Waals surface area contributed by atoms with E-state index < -0.39 is 30.7 Å². The number of carbonyl (C=O) groups is 1. The summed E-state index contributed by atoms with van der Waals surface area (Å²) in [6.45, 7) is 1.24. The van der Waals surface area contributed by atoms with Gasteiger partial charge in [-0.1, -0.05) is 0 Å². The van der Waals surface area contributed by atoms with E-state index in [0.717, 1.165) is 0 Å². The van der Waals surface area contributed by atoms with Crippen LogP contribution in [0.1, 0.15) is 6.92 Å². The number of hydrogen-bond acceptors (Lipinski definition) is 6. The Balaban J connectivity index is 2.54. The monoisotopic (exact) mass is 221 g/mol. The molecule has 0 spiro atoms. The Bertz CT molecular complexity index is 235. The Morgan fingerprint density at radius 2 is 1.80 bits per heavy atom. The van der Waals surface area contributed by atoms with E-state index in [9.17, 15) is 15.0 Å². The standard InChI is InChI=1S/C8H15NO6/c1-3(10)9-2-4-5(11)6(12)7(13)8(14)15-4/h4-8,11-14H,2H2,1H3,(H,9,10)/t4-,5-,6?,7+,8?/m1/s1. The second kappa shape index (κ2) is 4.86. The maximum absolute atomic E-state index is 10.6. The fourth-order valence-electron chi connectivity index (χ4n) is 1.34. The predicted octanol–water partition coefficient (Wildman–Crippen LogP) is -3.08. The highest BCUT2D eigenvalue weighted by molar-refractivity contribution is 5.72. The van der Waals surface area contributed by atoms with Crippen molar-refractivity contribution in [3.8, 4) is 0 Å². The van der Waals surface area contributed by atoms with Crippen LogP contribution in [0, 0.1) is 0 Å². The SMILES string of the molecule is CC(=O)NC[C@H]1OC(O)[C@@H](O)C(O)[C@@H]1O. The summed E-state index contributed by atoms with van der Waals surface area (Å²) in [7, 11) is 0. The zero-order chi connectivity index (χ0) is 11.6. The van der Waals surface area contributed by atoms with Gasteiger partial charge in [-0.15, -0.1) is 0 Å². The molecule has 15 heavy (non-hydrogen) atoms. The van der Waals surface area contributed by atoms with Crippen LogP contribution in [0.25, 0.3) is 0 Å². The van der Waals surface area contributed by atoms with E-state index in [2.05, 4.69) is 5.32 Å². The number of amides is 1. The van der Waals surface area contributed by atoms with Gasteiger partial charge in [-0.3, -0.25) is 4.79 Å². The van der Waals surface area contributed by atoms with Gasteiger partial charge in [0.05, 0.1) is 0 Å². The lowest BCUT2D eigenvalue weighted by Crippen LogP contribution is -2.59. The minimum Gasteiger partial charge on any atom is -0.388 e. The van der Waals surface area contributed by atoms with Gasteiger partial charge in [-0.2, -0.15) is 0 Å². The smallest absolute Gasteiger partial charge is 0.216 e. The number of ether oxygens (including phenoxy) is 1. The minimum absolute atomic E-state index is 0.0443. The Labute approximate surface area is 86.3 Å². The van der Waals surface area contributed by atoms with Crippen molar-refractivity contribution in [2.24, 2.45) is 0 Å². The lowest BCUT2D eigenvalue weighted by Gasteiger charge is -2.38. The van der Waals surface area contributed by atoms with Crippen molar-refractivity contribution < 1.29 is 30.0 Å². The summed E-state index contributed by atoms with van der Waals surface area (Å²) in [5, 5.41) is 39.4. The highest BCUT2D eigenvalue weighted by atomic mass is 16.6. The highest BCUT2D eigenvalue weighted by Crippen LogP contribution is 2.19. The number of rotatable bonds is 2. The molecular formula is C8H15NO6. The van der Waals surface area contributed by atoms with Crippen LogP contribution in [0.2, 0.25) is 0 Å². The molecule has 0 radical (unpaired) electrons. The molecule has 1 heterocycles. The summed E-state index contributed by atoms with van der Waals surface area (Å²) in [5.74, 6) is -0.319. The Kier molecular flexibility index (Phi) is 4.00. The molecule has 1 saturated heterocycles. The van der Waals surface area contributed by atoms with E-state index in [4.69, 9.17) is 14.9 Å². The molecule has 1 amide bonds. The molecule has 5 N–H and O–H groups in total. The van der Waals surface area contributed by atoms with E-state index in [1.54, 1.807) is 0 Å². The number of aliphatic hydroxyl groups excluding tert-OH is 4. The van der Waals surface area contributed by atoms with Crippen molar-refractivity contribution in [3.05, 3.63) is 0 Å². The zero-order valence-electron chi connectivity index (χ0n) is 8.20. The first-order chi connectivity index (χ1) is 6.93. The van der Waals surface area contributed by atoms with Crippen molar-refractivity contribution >= 4 is 5.91 Å². The van der Waals surface area contributed by atoms with E-state index in [1.807, 2.05) is 0 Å². The number of carbonyl (C=O) groups excluding carboxylic acids is 1. The van der Waals surface area contributed by atoms with Gasteiger partial charge in [0.15, 0.2) is 6.29 Å². The van der Waals surface area contributed by atoms with Gasteiger partial charge in [-0.25, -0.2) is 0 Å². The largest absolute Gasteiger partial charge is 0.388 e. The molecule has 88 valence electrons. The van der Waals surface area contributed by atoms with Crippen molar-refractivity contribution in [1.29, 1.82) is 0 Å². The molecule has 7 nitrogen and oxygen atoms in total. The highest BCUT2D eigenvalue weighted by Gasteiger charge is 2.42. The van der Waals surface area contributed by atoms with Gasteiger partial charge in [0, 0.05) is 13.5 Å². The topological polar surface area (TPSA) is 119 Å². The first-order valence-electron chi connectivity index (χ1n) is 4.55. The Morgan fingerprint density at radius 1 is 1.20 bits per heavy atom. The first kappa shape index (κ1) is 12.3. The molecule has 0 aromatic carbocycles. The van der Waals surface area contributed by atoms with Gasteiger partial charge in [-0.05, 0) is 0 Å².